The second-order valence-corrected chi connectivity index (χ2v) is 8.10. The van der Waals surface area contributed by atoms with E-state index in [9.17, 15) is 4.79 Å². The largest absolute Gasteiger partial charge is 0.369 e. The maximum Gasteiger partial charge on any atom is 0.236 e. The highest BCUT2D eigenvalue weighted by molar-refractivity contribution is 7.15. The van der Waals surface area contributed by atoms with Crippen LogP contribution in [0.2, 0.25) is 0 Å². The molecular weight excluding hydrogens is 374 g/mol. The Hall–Kier alpha value is -2.03. The van der Waals surface area contributed by atoms with Gasteiger partial charge in [-0.15, -0.1) is 11.3 Å². The molecule has 0 aliphatic carbocycles. The van der Waals surface area contributed by atoms with Crippen LogP contribution in [-0.4, -0.2) is 65.0 Å². The number of carbonyl (C=O) groups is 1. The quantitative estimate of drug-likeness (QED) is 0.766. The predicted molar refractivity (Wildman–Crippen MR) is 112 cm³/mol. The molecule has 1 N–H and O–H groups in total. The van der Waals surface area contributed by atoms with Gasteiger partial charge in [0.15, 0.2) is 5.13 Å². The second kappa shape index (κ2) is 9.45. The number of nitrogens with one attached hydrogen (secondary N) is 1. The number of likely N-dealkylation sites (N-methyl/N-ethyl adjacent to an activating group) is 1. The Balaban J connectivity index is 1.65. The van der Waals surface area contributed by atoms with Gasteiger partial charge in [0.2, 0.25) is 5.91 Å². The van der Waals surface area contributed by atoms with Crippen molar-refractivity contribution in [2.75, 3.05) is 44.6 Å². The molecule has 3 rings (SSSR count). The van der Waals surface area contributed by atoms with Crippen molar-refractivity contribution in [1.82, 2.24) is 19.8 Å². The normalized spacial score (nSPS) is 17.5. The van der Waals surface area contributed by atoms with Crippen LogP contribution in [0.5, 0.6) is 0 Å². The molecule has 0 bridgehead atoms. The van der Waals surface area contributed by atoms with Crippen LogP contribution in [0.1, 0.15) is 36.2 Å². The van der Waals surface area contributed by atoms with Crippen molar-refractivity contribution in [3.63, 3.8) is 0 Å². The van der Waals surface area contributed by atoms with Crippen LogP contribution in [0.15, 0.2) is 18.2 Å². The number of hydrogen-bond donors (Lipinski definition) is 1. The van der Waals surface area contributed by atoms with Crippen molar-refractivity contribution >= 4 is 28.2 Å². The summed E-state index contributed by atoms with van der Waals surface area (Å²) in [6, 6.07) is 5.88. The van der Waals surface area contributed by atoms with E-state index in [2.05, 4.69) is 22.1 Å². The van der Waals surface area contributed by atoms with Crippen molar-refractivity contribution in [3.05, 3.63) is 34.5 Å². The highest BCUT2D eigenvalue weighted by Gasteiger charge is 2.25. The number of ether oxygens (including phenoxy) is 1. The number of amides is 1. The molecule has 1 atom stereocenters. The molecule has 7 nitrogen and oxygen atoms in total. The van der Waals surface area contributed by atoms with Crippen molar-refractivity contribution in [2.45, 2.75) is 33.8 Å². The highest BCUT2D eigenvalue weighted by atomic mass is 32.1. The van der Waals surface area contributed by atoms with E-state index in [1.165, 1.54) is 4.88 Å². The average Bonchev–Trinajstić information content (AvgIpc) is 3.00. The first-order valence-electron chi connectivity index (χ1n) is 9.79. The number of carbonyl (C=O) groups excluding carboxylic acids is 1. The average molecular weight is 404 g/mol. The summed E-state index contributed by atoms with van der Waals surface area (Å²) < 4.78 is 5.95. The minimum atomic E-state index is -0.139. The van der Waals surface area contributed by atoms with E-state index in [0.717, 1.165) is 42.0 Å². The smallest absolute Gasteiger partial charge is 0.236 e. The zero-order valence-electron chi connectivity index (χ0n) is 17.1. The third-order valence-corrected chi connectivity index (χ3v) is 5.98. The zero-order valence-corrected chi connectivity index (χ0v) is 17.9. The monoisotopic (exact) mass is 403 g/mol. The van der Waals surface area contributed by atoms with Crippen molar-refractivity contribution in [2.24, 2.45) is 0 Å². The summed E-state index contributed by atoms with van der Waals surface area (Å²) in [6.07, 6.45) is -0.139. The molecule has 1 aliphatic heterocycles. The lowest BCUT2D eigenvalue weighted by molar-refractivity contribution is -0.134. The number of thiazole rings is 1. The van der Waals surface area contributed by atoms with Gasteiger partial charge in [-0.3, -0.25) is 9.69 Å². The SMILES string of the molecule is CCN(CC)C(=O)CN1CCOC(c2cccc(Nc3nc(C)c(C)s3)n2)C1. The van der Waals surface area contributed by atoms with E-state index in [-0.39, 0.29) is 12.0 Å². The third kappa shape index (κ3) is 5.06. The fraction of sp³-hybridized carbons (Fsp3) is 0.550. The lowest BCUT2D eigenvalue weighted by atomic mass is 10.2. The number of aromatic nitrogens is 2. The molecule has 1 saturated heterocycles. The van der Waals surface area contributed by atoms with E-state index < -0.39 is 0 Å². The van der Waals surface area contributed by atoms with Gasteiger partial charge in [-0.1, -0.05) is 6.07 Å². The lowest BCUT2D eigenvalue weighted by Gasteiger charge is -2.33. The first-order valence-corrected chi connectivity index (χ1v) is 10.6. The third-order valence-electron chi connectivity index (χ3n) is 4.99. The van der Waals surface area contributed by atoms with E-state index in [4.69, 9.17) is 9.72 Å². The van der Waals surface area contributed by atoms with Crippen LogP contribution < -0.4 is 5.32 Å². The molecule has 2 aromatic rings. The zero-order chi connectivity index (χ0) is 20.1. The summed E-state index contributed by atoms with van der Waals surface area (Å²) in [6.45, 7) is 12.0. The first-order chi connectivity index (χ1) is 13.5. The van der Waals surface area contributed by atoms with Crippen LogP contribution in [-0.2, 0) is 9.53 Å². The molecule has 28 heavy (non-hydrogen) atoms. The molecule has 2 aromatic heterocycles. The Morgan fingerprint density at radius 3 is 2.79 bits per heavy atom. The topological polar surface area (TPSA) is 70.6 Å². The molecule has 152 valence electrons. The van der Waals surface area contributed by atoms with Crippen LogP contribution in [0.4, 0.5) is 10.9 Å². The minimum Gasteiger partial charge on any atom is -0.369 e. The number of rotatable bonds is 7. The molecule has 0 aromatic carbocycles. The maximum absolute atomic E-state index is 12.4. The van der Waals surface area contributed by atoms with Crippen LogP contribution >= 0.6 is 11.3 Å². The highest BCUT2D eigenvalue weighted by Crippen LogP contribution is 2.26. The Kier molecular flexibility index (Phi) is 6.98. The van der Waals surface area contributed by atoms with Gasteiger partial charge in [0.05, 0.1) is 24.5 Å². The fourth-order valence-electron chi connectivity index (χ4n) is 3.23. The summed E-state index contributed by atoms with van der Waals surface area (Å²) >= 11 is 1.62. The molecule has 1 fully saturated rings. The van der Waals surface area contributed by atoms with Gasteiger partial charge >= 0.3 is 0 Å². The summed E-state index contributed by atoms with van der Waals surface area (Å²) in [5, 5.41) is 4.13. The number of morpholine rings is 1. The number of hydrogen-bond acceptors (Lipinski definition) is 7. The Labute approximate surface area is 170 Å². The molecule has 0 radical (unpaired) electrons. The molecule has 8 heteroatoms. The van der Waals surface area contributed by atoms with E-state index in [1.807, 2.05) is 43.9 Å². The van der Waals surface area contributed by atoms with E-state index in [1.54, 1.807) is 11.3 Å². The van der Waals surface area contributed by atoms with Crippen molar-refractivity contribution in [3.8, 4) is 0 Å². The molecule has 1 unspecified atom stereocenters. The van der Waals surface area contributed by atoms with Gasteiger partial charge in [-0.05, 0) is 39.8 Å². The number of nitrogens with zero attached hydrogens (tertiary/aromatic N) is 4. The van der Waals surface area contributed by atoms with Crippen molar-refractivity contribution in [1.29, 1.82) is 0 Å². The summed E-state index contributed by atoms with van der Waals surface area (Å²) in [5.41, 5.74) is 1.91. The molecular formula is C20H29N5O2S. The van der Waals surface area contributed by atoms with E-state index >= 15 is 0 Å². The van der Waals surface area contributed by atoms with E-state index in [0.29, 0.717) is 19.7 Å². The summed E-state index contributed by atoms with van der Waals surface area (Å²) in [4.78, 5) is 26.9. The number of pyridine rings is 1. The molecule has 1 aliphatic rings. The van der Waals surface area contributed by atoms with Crippen LogP contribution in [0, 0.1) is 13.8 Å². The van der Waals surface area contributed by atoms with Crippen molar-refractivity contribution < 1.29 is 9.53 Å². The van der Waals surface area contributed by atoms with Gasteiger partial charge in [-0.25, -0.2) is 9.97 Å². The van der Waals surface area contributed by atoms with Crippen LogP contribution in [0.25, 0.3) is 0 Å². The predicted octanol–water partition coefficient (Wildman–Crippen LogP) is 3.14. The minimum absolute atomic E-state index is 0.139. The summed E-state index contributed by atoms with van der Waals surface area (Å²) in [5.74, 6) is 0.926. The van der Waals surface area contributed by atoms with Gasteiger partial charge < -0.3 is 15.0 Å². The van der Waals surface area contributed by atoms with Gasteiger partial charge in [-0.2, -0.15) is 0 Å². The molecule has 3 heterocycles. The standard InChI is InChI=1S/C20H29N5O2S/c1-5-25(6-2)19(26)13-24-10-11-27-17(12-24)16-8-7-9-18(22-16)23-20-21-14(3)15(4)28-20/h7-9,17H,5-6,10-13H2,1-4H3,(H,21,22,23). The van der Waals surface area contributed by atoms with Gasteiger partial charge in [0.25, 0.3) is 0 Å². The Bertz CT molecular complexity index is 786. The molecule has 1 amide bonds. The first kappa shape index (κ1) is 20.7. The second-order valence-electron chi connectivity index (χ2n) is 6.89. The lowest BCUT2D eigenvalue weighted by Crippen LogP contribution is -2.45. The van der Waals surface area contributed by atoms with Gasteiger partial charge in [0, 0.05) is 31.1 Å². The number of aryl methyl sites for hydroxylation is 2. The maximum atomic E-state index is 12.4. The molecule has 0 saturated carbocycles. The van der Waals surface area contributed by atoms with Gasteiger partial charge in [0.1, 0.15) is 11.9 Å². The fourth-order valence-corrected chi connectivity index (χ4v) is 4.05. The summed E-state index contributed by atoms with van der Waals surface area (Å²) in [7, 11) is 0. The number of anilines is 2. The van der Waals surface area contributed by atoms with Crippen LogP contribution in [0.3, 0.4) is 0 Å². The molecule has 0 spiro atoms. The Morgan fingerprint density at radius 2 is 2.11 bits per heavy atom. The Morgan fingerprint density at radius 1 is 1.32 bits per heavy atom.